The number of rotatable bonds is 7. The largest absolute Gasteiger partial charge is 0.467 e. The van der Waals surface area contributed by atoms with Gasteiger partial charge in [0.2, 0.25) is 5.91 Å². The fourth-order valence-corrected chi connectivity index (χ4v) is 3.29. The SMILES string of the molecule is CCNC(=O)N1CCN(CC(=O)N(Cc2ccccc2)Cc2ccco2)CC1. The van der Waals surface area contributed by atoms with E-state index in [0.29, 0.717) is 52.4 Å². The Morgan fingerprint density at radius 2 is 1.79 bits per heavy atom. The van der Waals surface area contributed by atoms with Gasteiger partial charge in [-0.2, -0.15) is 0 Å². The maximum Gasteiger partial charge on any atom is 0.317 e. The van der Waals surface area contributed by atoms with Gasteiger partial charge in [0.15, 0.2) is 0 Å². The van der Waals surface area contributed by atoms with Gasteiger partial charge in [0.1, 0.15) is 5.76 Å². The minimum atomic E-state index is -0.0306. The van der Waals surface area contributed by atoms with E-state index in [4.69, 9.17) is 4.42 Å². The van der Waals surface area contributed by atoms with Crippen LogP contribution in [-0.4, -0.2) is 65.9 Å². The van der Waals surface area contributed by atoms with E-state index in [1.165, 1.54) is 0 Å². The molecule has 3 amide bonds. The number of nitrogens with zero attached hydrogens (tertiary/aromatic N) is 3. The van der Waals surface area contributed by atoms with Crippen LogP contribution in [0.5, 0.6) is 0 Å². The first-order chi connectivity index (χ1) is 13.7. The highest BCUT2D eigenvalue weighted by molar-refractivity contribution is 5.78. The number of hydrogen-bond donors (Lipinski definition) is 1. The Balaban J connectivity index is 1.57. The van der Waals surface area contributed by atoms with Crippen molar-refractivity contribution in [2.75, 3.05) is 39.3 Å². The maximum atomic E-state index is 13.0. The lowest BCUT2D eigenvalue weighted by atomic mass is 10.2. The summed E-state index contributed by atoms with van der Waals surface area (Å²) in [5.41, 5.74) is 1.09. The second-order valence-corrected chi connectivity index (χ2v) is 6.91. The van der Waals surface area contributed by atoms with Gasteiger partial charge in [0, 0.05) is 39.3 Å². The Hall–Kier alpha value is -2.80. The first kappa shape index (κ1) is 19.9. The third kappa shape index (κ3) is 5.60. The Kier molecular flexibility index (Phi) is 7.08. The van der Waals surface area contributed by atoms with Crippen molar-refractivity contribution in [1.29, 1.82) is 0 Å². The third-order valence-corrected chi connectivity index (χ3v) is 4.84. The molecule has 2 aromatic rings. The number of urea groups is 1. The van der Waals surface area contributed by atoms with E-state index >= 15 is 0 Å². The average molecular weight is 384 g/mol. The molecule has 2 heterocycles. The second-order valence-electron chi connectivity index (χ2n) is 6.91. The lowest BCUT2D eigenvalue weighted by Gasteiger charge is -2.35. The minimum absolute atomic E-state index is 0.0306. The molecule has 1 aliphatic heterocycles. The molecule has 1 fully saturated rings. The first-order valence-electron chi connectivity index (χ1n) is 9.75. The Morgan fingerprint density at radius 3 is 2.43 bits per heavy atom. The smallest absolute Gasteiger partial charge is 0.317 e. The molecule has 150 valence electrons. The van der Waals surface area contributed by atoms with Crippen molar-refractivity contribution in [2.45, 2.75) is 20.0 Å². The van der Waals surface area contributed by atoms with Crippen molar-refractivity contribution in [3.05, 3.63) is 60.1 Å². The highest BCUT2D eigenvalue weighted by atomic mass is 16.3. The zero-order valence-corrected chi connectivity index (χ0v) is 16.3. The van der Waals surface area contributed by atoms with Crippen LogP contribution in [-0.2, 0) is 17.9 Å². The second kappa shape index (κ2) is 9.94. The van der Waals surface area contributed by atoms with E-state index in [2.05, 4.69) is 10.2 Å². The van der Waals surface area contributed by atoms with E-state index in [-0.39, 0.29) is 11.9 Å². The molecule has 3 rings (SSSR count). The van der Waals surface area contributed by atoms with Crippen molar-refractivity contribution in [2.24, 2.45) is 0 Å². The fourth-order valence-electron chi connectivity index (χ4n) is 3.29. The molecular weight excluding hydrogens is 356 g/mol. The number of nitrogens with one attached hydrogen (secondary N) is 1. The van der Waals surface area contributed by atoms with Crippen LogP contribution in [0.1, 0.15) is 18.2 Å². The monoisotopic (exact) mass is 384 g/mol. The predicted octanol–water partition coefficient (Wildman–Crippen LogP) is 2.16. The minimum Gasteiger partial charge on any atom is -0.467 e. The zero-order valence-electron chi connectivity index (χ0n) is 16.3. The van der Waals surface area contributed by atoms with Gasteiger partial charge in [-0.15, -0.1) is 0 Å². The first-order valence-corrected chi connectivity index (χ1v) is 9.75. The molecule has 1 N–H and O–H groups in total. The summed E-state index contributed by atoms with van der Waals surface area (Å²) in [5.74, 6) is 0.831. The van der Waals surface area contributed by atoms with Crippen molar-refractivity contribution in [3.8, 4) is 0 Å². The molecular formula is C21H28N4O3. The van der Waals surface area contributed by atoms with Crippen LogP contribution < -0.4 is 5.32 Å². The van der Waals surface area contributed by atoms with Crippen molar-refractivity contribution < 1.29 is 14.0 Å². The molecule has 7 nitrogen and oxygen atoms in total. The van der Waals surface area contributed by atoms with Crippen molar-refractivity contribution in [3.63, 3.8) is 0 Å². The summed E-state index contributed by atoms with van der Waals surface area (Å²) in [4.78, 5) is 30.7. The van der Waals surface area contributed by atoms with Crippen LogP contribution in [0.2, 0.25) is 0 Å². The molecule has 1 aromatic carbocycles. The van der Waals surface area contributed by atoms with E-state index in [9.17, 15) is 9.59 Å². The van der Waals surface area contributed by atoms with Crippen LogP contribution >= 0.6 is 0 Å². The highest BCUT2D eigenvalue weighted by Crippen LogP contribution is 2.12. The van der Waals surface area contributed by atoms with E-state index in [1.807, 2.05) is 54.3 Å². The number of furan rings is 1. The van der Waals surface area contributed by atoms with E-state index in [0.717, 1.165) is 11.3 Å². The van der Waals surface area contributed by atoms with Gasteiger partial charge in [-0.05, 0) is 24.6 Å². The summed E-state index contributed by atoms with van der Waals surface area (Å²) < 4.78 is 5.45. The molecule has 1 aromatic heterocycles. The Morgan fingerprint density at radius 1 is 1.04 bits per heavy atom. The summed E-state index contributed by atoms with van der Waals surface area (Å²) in [6, 6.07) is 13.7. The topological polar surface area (TPSA) is 69.0 Å². The molecule has 0 aliphatic carbocycles. The molecule has 0 spiro atoms. The lowest BCUT2D eigenvalue weighted by molar-refractivity contribution is -0.134. The summed E-state index contributed by atoms with van der Waals surface area (Å²) in [5, 5.41) is 2.82. The fraction of sp³-hybridized carbons (Fsp3) is 0.429. The highest BCUT2D eigenvalue weighted by Gasteiger charge is 2.24. The predicted molar refractivity (Wildman–Crippen MR) is 106 cm³/mol. The Labute approximate surface area is 165 Å². The quantitative estimate of drug-likeness (QED) is 0.794. The van der Waals surface area contributed by atoms with Crippen molar-refractivity contribution >= 4 is 11.9 Å². The van der Waals surface area contributed by atoms with Gasteiger partial charge in [0.05, 0.1) is 19.4 Å². The zero-order chi connectivity index (χ0) is 19.8. The normalized spacial score (nSPS) is 14.7. The van der Waals surface area contributed by atoms with E-state index in [1.54, 1.807) is 11.2 Å². The van der Waals surface area contributed by atoms with Crippen LogP contribution in [0.3, 0.4) is 0 Å². The molecule has 28 heavy (non-hydrogen) atoms. The molecule has 0 saturated carbocycles. The standard InChI is InChI=1S/C21H28N4O3/c1-2-22-21(27)24-12-10-23(11-13-24)17-20(26)25(16-19-9-6-14-28-19)15-18-7-4-3-5-8-18/h3-9,14H,2,10-13,15-17H2,1H3,(H,22,27). The summed E-state index contributed by atoms with van der Waals surface area (Å²) >= 11 is 0. The number of hydrogen-bond acceptors (Lipinski definition) is 4. The number of piperazine rings is 1. The summed E-state index contributed by atoms with van der Waals surface area (Å²) in [6.07, 6.45) is 1.63. The maximum absolute atomic E-state index is 13.0. The molecule has 0 bridgehead atoms. The molecule has 0 unspecified atom stereocenters. The molecule has 1 aliphatic rings. The van der Waals surface area contributed by atoms with Gasteiger partial charge in [0.25, 0.3) is 0 Å². The Bertz CT molecular complexity index is 740. The molecule has 7 heteroatoms. The van der Waals surface area contributed by atoms with Gasteiger partial charge in [-0.3, -0.25) is 9.69 Å². The van der Waals surface area contributed by atoms with E-state index < -0.39 is 0 Å². The molecule has 1 saturated heterocycles. The van der Waals surface area contributed by atoms with Gasteiger partial charge in [-0.1, -0.05) is 30.3 Å². The van der Waals surface area contributed by atoms with Crippen LogP contribution in [0.15, 0.2) is 53.1 Å². The summed E-state index contributed by atoms with van der Waals surface area (Å²) in [6.45, 7) is 6.53. The van der Waals surface area contributed by atoms with Crippen LogP contribution in [0.25, 0.3) is 0 Å². The number of amides is 3. The number of carbonyl (C=O) groups is 2. The van der Waals surface area contributed by atoms with Gasteiger partial charge < -0.3 is 19.5 Å². The lowest BCUT2D eigenvalue weighted by Crippen LogP contribution is -2.53. The van der Waals surface area contributed by atoms with Crippen molar-refractivity contribution in [1.82, 2.24) is 20.0 Å². The average Bonchev–Trinajstić information content (AvgIpc) is 3.22. The molecule has 0 atom stereocenters. The van der Waals surface area contributed by atoms with Crippen LogP contribution in [0.4, 0.5) is 4.79 Å². The van der Waals surface area contributed by atoms with Gasteiger partial charge in [-0.25, -0.2) is 4.79 Å². The van der Waals surface area contributed by atoms with Crippen LogP contribution in [0, 0.1) is 0 Å². The number of benzene rings is 1. The number of carbonyl (C=O) groups excluding carboxylic acids is 2. The van der Waals surface area contributed by atoms with Gasteiger partial charge >= 0.3 is 6.03 Å². The summed E-state index contributed by atoms with van der Waals surface area (Å²) in [7, 11) is 0. The third-order valence-electron chi connectivity index (χ3n) is 4.84. The molecule has 0 radical (unpaired) electrons.